The number of halogens is 8. The van der Waals surface area contributed by atoms with Gasteiger partial charge in [-0.05, 0) is 18.2 Å². The van der Waals surface area contributed by atoms with Crippen LogP contribution in [0, 0.1) is 0 Å². The molecule has 0 radical (unpaired) electrons. The Morgan fingerprint density at radius 1 is 1.10 bits per heavy atom. The molecule has 0 heterocycles. The zero-order valence-electron chi connectivity index (χ0n) is 10.1. The van der Waals surface area contributed by atoms with Gasteiger partial charge in [0.15, 0.2) is 0 Å². The minimum atomic E-state index is -6.60. The van der Waals surface area contributed by atoms with E-state index in [0.717, 1.165) is 19.2 Å². The zero-order chi connectivity index (χ0) is 16.6. The average molecular weight is 339 g/mol. The number of ether oxygens (including phenoxy) is 1. The molecule has 0 fully saturated rings. The molecule has 0 spiro atoms. The number of carbonyl (C=O) groups is 1. The summed E-state index contributed by atoms with van der Waals surface area (Å²) in [6, 6.07) is 2.51. The van der Waals surface area contributed by atoms with Crippen LogP contribution in [0.25, 0.3) is 0 Å². The lowest BCUT2D eigenvalue weighted by Crippen LogP contribution is -2.56. The minimum absolute atomic E-state index is 0.214. The third-order valence-electron chi connectivity index (χ3n) is 2.45. The molecule has 1 aromatic rings. The van der Waals surface area contributed by atoms with Crippen LogP contribution in [0.15, 0.2) is 18.2 Å². The first-order chi connectivity index (χ1) is 9.36. The average Bonchev–Trinajstić information content (AvgIpc) is 2.37. The van der Waals surface area contributed by atoms with E-state index in [1.807, 2.05) is 0 Å². The number of benzene rings is 1. The maximum absolute atomic E-state index is 13.3. The molecule has 0 aliphatic carbocycles. The molecule has 10 heteroatoms. The van der Waals surface area contributed by atoms with Gasteiger partial charge in [-0.15, -0.1) is 0 Å². The molecule has 0 amide bonds. The Bertz CT molecular complexity index is 554. The fourth-order valence-electron chi connectivity index (χ4n) is 1.30. The largest absolute Gasteiger partial charge is 0.497 e. The van der Waals surface area contributed by atoms with E-state index >= 15 is 0 Å². The van der Waals surface area contributed by atoms with Crippen molar-refractivity contribution >= 4 is 17.4 Å². The van der Waals surface area contributed by atoms with Gasteiger partial charge in [0.2, 0.25) is 5.78 Å². The second kappa shape index (κ2) is 5.36. The molecule has 0 bridgehead atoms. The highest BCUT2D eigenvalue weighted by Crippen LogP contribution is 2.48. The maximum atomic E-state index is 13.3. The van der Waals surface area contributed by atoms with Crippen molar-refractivity contribution in [2.45, 2.75) is 18.0 Å². The summed E-state index contributed by atoms with van der Waals surface area (Å²) in [6.07, 6.45) is -6.60. The van der Waals surface area contributed by atoms with E-state index in [0.29, 0.717) is 6.07 Å². The number of alkyl halides is 7. The Kier molecular flexibility index (Phi) is 4.48. The summed E-state index contributed by atoms with van der Waals surface area (Å²) in [4.78, 5) is 11.4. The minimum Gasteiger partial charge on any atom is -0.497 e. The van der Waals surface area contributed by atoms with Gasteiger partial charge in [-0.3, -0.25) is 4.79 Å². The third-order valence-corrected chi connectivity index (χ3v) is 2.78. The lowest BCUT2D eigenvalue weighted by molar-refractivity contribution is -0.339. The van der Waals surface area contributed by atoms with Crippen LogP contribution < -0.4 is 4.74 Å². The molecule has 2 nitrogen and oxygen atoms in total. The number of methoxy groups -OCH3 is 1. The van der Waals surface area contributed by atoms with Gasteiger partial charge in [0.05, 0.1) is 12.1 Å². The standard InChI is InChI=1S/C11H6ClF7O2/c1-21-5-2-3-7(12)6(4-5)8(20)9(13,14)10(15,16)11(17,18)19/h2-4H,1H3. The van der Waals surface area contributed by atoms with Gasteiger partial charge in [0.1, 0.15) is 5.75 Å². The third kappa shape index (κ3) is 2.92. The highest BCUT2D eigenvalue weighted by atomic mass is 35.5. The normalized spacial score (nSPS) is 13.2. The van der Waals surface area contributed by atoms with E-state index in [-0.39, 0.29) is 5.75 Å². The summed E-state index contributed by atoms with van der Waals surface area (Å²) in [5.74, 6) is -15.5. The van der Waals surface area contributed by atoms with Crippen molar-refractivity contribution < 1.29 is 40.3 Å². The monoisotopic (exact) mass is 338 g/mol. The summed E-state index contributed by atoms with van der Waals surface area (Å²) in [5.41, 5.74) is -1.20. The van der Waals surface area contributed by atoms with E-state index in [1.165, 1.54) is 0 Å². The van der Waals surface area contributed by atoms with Gasteiger partial charge in [0, 0.05) is 5.56 Å². The van der Waals surface area contributed by atoms with Crippen LogP contribution in [-0.2, 0) is 0 Å². The second-order valence-corrected chi connectivity index (χ2v) is 4.23. The summed E-state index contributed by atoms with van der Waals surface area (Å²) in [5, 5.41) is -0.710. The van der Waals surface area contributed by atoms with Gasteiger partial charge in [-0.2, -0.15) is 30.7 Å². The predicted molar refractivity (Wildman–Crippen MR) is 58.3 cm³/mol. The van der Waals surface area contributed by atoms with Crippen molar-refractivity contribution in [2.24, 2.45) is 0 Å². The van der Waals surface area contributed by atoms with Crippen molar-refractivity contribution in [3.63, 3.8) is 0 Å². The molecule has 0 saturated carbocycles. The quantitative estimate of drug-likeness (QED) is 0.602. The first-order valence-corrected chi connectivity index (χ1v) is 5.44. The van der Waals surface area contributed by atoms with Crippen LogP contribution in [-0.4, -0.2) is 30.9 Å². The van der Waals surface area contributed by atoms with Crippen LogP contribution in [0.2, 0.25) is 5.02 Å². The molecule has 1 aromatic carbocycles. The number of hydrogen-bond donors (Lipinski definition) is 0. The molecule has 0 aromatic heterocycles. The summed E-state index contributed by atoms with van der Waals surface area (Å²) in [7, 11) is 1.07. The van der Waals surface area contributed by atoms with Gasteiger partial charge in [-0.1, -0.05) is 11.6 Å². The molecule has 0 aliphatic heterocycles. The maximum Gasteiger partial charge on any atom is 0.460 e. The van der Waals surface area contributed by atoms with Crippen molar-refractivity contribution in [1.82, 2.24) is 0 Å². The van der Waals surface area contributed by atoms with Crippen molar-refractivity contribution in [1.29, 1.82) is 0 Å². The molecule has 1 rings (SSSR count). The highest BCUT2D eigenvalue weighted by Gasteiger charge is 2.76. The van der Waals surface area contributed by atoms with Gasteiger partial charge in [0.25, 0.3) is 0 Å². The van der Waals surface area contributed by atoms with Crippen LogP contribution >= 0.6 is 11.6 Å². The molecule has 0 aliphatic rings. The predicted octanol–water partition coefficient (Wildman–Crippen LogP) is 4.36. The SMILES string of the molecule is COc1ccc(Cl)c(C(=O)C(F)(F)C(F)(F)C(F)(F)F)c1. The van der Waals surface area contributed by atoms with Gasteiger partial charge >= 0.3 is 18.0 Å². The van der Waals surface area contributed by atoms with Crippen LogP contribution in [0.3, 0.4) is 0 Å². The molecular formula is C11H6ClF7O2. The van der Waals surface area contributed by atoms with Gasteiger partial charge < -0.3 is 4.74 Å². The van der Waals surface area contributed by atoms with Gasteiger partial charge in [-0.25, -0.2) is 0 Å². The lowest BCUT2D eigenvalue weighted by Gasteiger charge is -2.27. The van der Waals surface area contributed by atoms with Crippen molar-refractivity contribution in [3.05, 3.63) is 28.8 Å². The van der Waals surface area contributed by atoms with Crippen LogP contribution in [0.4, 0.5) is 30.7 Å². The van der Waals surface area contributed by atoms with E-state index < -0.39 is 34.4 Å². The second-order valence-electron chi connectivity index (χ2n) is 3.82. The first kappa shape index (κ1) is 17.5. The summed E-state index contributed by atoms with van der Waals surface area (Å²) < 4.78 is 92.7. The molecule has 21 heavy (non-hydrogen) atoms. The van der Waals surface area contributed by atoms with E-state index in [2.05, 4.69) is 4.74 Å². The number of carbonyl (C=O) groups excluding carboxylic acids is 1. The molecule has 0 atom stereocenters. The smallest absolute Gasteiger partial charge is 0.460 e. The fourth-order valence-corrected chi connectivity index (χ4v) is 1.50. The fraction of sp³-hybridized carbons (Fsp3) is 0.364. The molecule has 0 unspecified atom stereocenters. The molecule has 118 valence electrons. The Morgan fingerprint density at radius 3 is 2.05 bits per heavy atom. The van der Waals surface area contributed by atoms with E-state index in [4.69, 9.17) is 11.6 Å². The Balaban J connectivity index is 3.36. The van der Waals surface area contributed by atoms with E-state index in [1.54, 1.807) is 0 Å². The van der Waals surface area contributed by atoms with Crippen LogP contribution in [0.5, 0.6) is 5.75 Å². The Hall–Kier alpha value is -1.51. The Labute approximate surface area is 118 Å². The van der Waals surface area contributed by atoms with Crippen molar-refractivity contribution in [3.8, 4) is 5.75 Å². The molecule has 0 N–H and O–H groups in total. The van der Waals surface area contributed by atoms with Crippen LogP contribution in [0.1, 0.15) is 10.4 Å². The topological polar surface area (TPSA) is 26.3 Å². The summed E-state index contributed by atoms with van der Waals surface area (Å²) >= 11 is 5.38. The molecule has 0 saturated heterocycles. The highest BCUT2D eigenvalue weighted by molar-refractivity contribution is 6.34. The first-order valence-electron chi connectivity index (χ1n) is 5.07. The number of Topliss-reactive ketones (excluding diaryl/α,β-unsaturated/α-hetero) is 1. The number of ketones is 1. The number of hydrogen-bond acceptors (Lipinski definition) is 2. The van der Waals surface area contributed by atoms with Crippen molar-refractivity contribution in [2.75, 3.05) is 7.11 Å². The number of rotatable bonds is 4. The van der Waals surface area contributed by atoms with E-state index in [9.17, 15) is 35.5 Å². The Morgan fingerprint density at radius 2 is 1.62 bits per heavy atom. The molecular weight excluding hydrogens is 333 g/mol. The zero-order valence-corrected chi connectivity index (χ0v) is 10.8. The lowest BCUT2D eigenvalue weighted by atomic mass is 9.99. The summed E-state index contributed by atoms with van der Waals surface area (Å²) in [6.45, 7) is 0.